The molecule has 0 unspecified atom stereocenters. The molecule has 0 fully saturated rings. The van der Waals surface area contributed by atoms with Gasteiger partial charge < -0.3 is 4.98 Å². The lowest BCUT2D eigenvalue weighted by Crippen LogP contribution is -2.11. The first-order valence-electron chi connectivity index (χ1n) is 6.00. The van der Waals surface area contributed by atoms with E-state index in [9.17, 15) is 21.6 Å². The molecular formula is C12H7ClF3N3O2S2. The second-order valence-electron chi connectivity index (χ2n) is 4.48. The molecule has 3 rings (SSSR count). The number of nitrogens with zero attached hydrogens (tertiary/aromatic N) is 1. The highest BCUT2D eigenvalue weighted by molar-refractivity contribution is 7.94. The molecule has 0 spiro atoms. The topological polar surface area (TPSA) is 74.8 Å². The van der Waals surface area contributed by atoms with E-state index < -0.39 is 22.0 Å². The van der Waals surface area contributed by atoms with Gasteiger partial charge in [0, 0.05) is 0 Å². The maximum absolute atomic E-state index is 12.6. The second kappa shape index (κ2) is 5.39. The van der Waals surface area contributed by atoms with Crippen LogP contribution in [-0.4, -0.2) is 18.4 Å². The molecule has 0 saturated heterocycles. The SMILES string of the molecule is O=S(=O)(Nc1ccc2nc(C(F)(F)F)[nH]c2c1)c1ccc(Cl)s1. The number of sulfonamides is 1. The van der Waals surface area contributed by atoms with Gasteiger partial charge in [-0.2, -0.15) is 13.2 Å². The number of hydrogen-bond acceptors (Lipinski definition) is 4. The lowest BCUT2D eigenvalue weighted by molar-refractivity contribution is -0.144. The van der Waals surface area contributed by atoms with Gasteiger partial charge in [0.15, 0.2) is 0 Å². The predicted molar refractivity (Wildman–Crippen MR) is 81.2 cm³/mol. The van der Waals surface area contributed by atoms with Crippen LogP contribution in [0.4, 0.5) is 18.9 Å². The van der Waals surface area contributed by atoms with Gasteiger partial charge >= 0.3 is 6.18 Å². The summed E-state index contributed by atoms with van der Waals surface area (Å²) in [6.07, 6.45) is -4.60. The van der Waals surface area contributed by atoms with E-state index in [0.29, 0.717) is 4.34 Å². The molecule has 0 amide bonds. The number of aromatic nitrogens is 2. The van der Waals surface area contributed by atoms with Gasteiger partial charge in [0.25, 0.3) is 10.0 Å². The molecule has 11 heteroatoms. The van der Waals surface area contributed by atoms with E-state index in [1.807, 2.05) is 0 Å². The number of aromatic amines is 1. The van der Waals surface area contributed by atoms with Crippen LogP contribution in [0.1, 0.15) is 5.82 Å². The van der Waals surface area contributed by atoms with Crippen LogP contribution in [-0.2, 0) is 16.2 Å². The molecule has 23 heavy (non-hydrogen) atoms. The minimum Gasteiger partial charge on any atom is -0.334 e. The van der Waals surface area contributed by atoms with Crippen LogP contribution < -0.4 is 4.72 Å². The number of rotatable bonds is 3. The van der Waals surface area contributed by atoms with Crippen molar-refractivity contribution in [2.75, 3.05) is 4.72 Å². The molecule has 2 aromatic heterocycles. The number of hydrogen-bond donors (Lipinski definition) is 2. The van der Waals surface area contributed by atoms with E-state index in [1.54, 1.807) is 0 Å². The summed E-state index contributed by atoms with van der Waals surface area (Å²) in [4.78, 5) is 5.53. The molecule has 0 aliphatic carbocycles. The number of nitrogens with one attached hydrogen (secondary N) is 2. The molecule has 1 aromatic carbocycles. The van der Waals surface area contributed by atoms with Gasteiger partial charge in [0.2, 0.25) is 5.82 Å². The lowest BCUT2D eigenvalue weighted by Gasteiger charge is -2.05. The Morgan fingerprint density at radius 3 is 2.57 bits per heavy atom. The molecule has 3 aromatic rings. The van der Waals surface area contributed by atoms with Gasteiger partial charge in [-0.05, 0) is 30.3 Å². The summed E-state index contributed by atoms with van der Waals surface area (Å²) >= 11 is 6.57. The Balaban J connectivity index is 1.95. The fraction of sp³-hybridized carbons (Fsp3) is 0.0833. The van der Waals surface area contributed by atoms with Gasteiger partial charge in [0.05, 0.1) is 21.1 Å². The molecule has 2 heterocycles. The first-order valence-corrected chi connectivity index (χ1v) is 8.68. The zero-order valence-corrected chi connectivity index (χ0v) is 13.4. The number of fused-ring (bicyclic) bond motifs is 1. The molecule has 0 saturated carbocycles. The van der Waals surface area contributed by atoms with Crippen molar-refractivity contribution in [2.24, 2.45) is 0 Å². The summed E-state index contributed by atoms with van der Waals surface area (Å²) in [7, 11) is -3.86. The van der Waals surface area contributed by atoms with E-state index in [0.717, 1.165) is 11.3 Å². The smallest absolute Gasteiger partial charge is 0.334 e. The zero-order valence-electron chi connectivity index (χ0n) is 11.0. The summed E-state index contributed by atoms with van der Waals surface area (Å²) in [5.41, 5.74) is 0.264. The molecule has 0 radical (unpaired) electrons. The number of imidazole rings is 1. The summed E-state index contributed by atoms with van der Waals surface area (Å²) in [6, 6.07) is 6.64. The maximum atomic E-state index is 12.6. The van der Waals surface area contributed by atoms with Crippen LogP contribution in [0.25, 0.3) is 11.0 Å². The zero-order chi connectivity index (χ0) is 16.8. The van der Waals surface area contributed by atoms with Crippen molar-refractivity contribution in [2.45, 2.75) is 10.4 Å². The van der Waals surface area contributed by atoms with Gasteiger partial charge in [-0.1, -0.05) is 11.6 Å². The van der Waals surface area contributed by atoms with E-state index >= 15 is 0 Å². The maximum Gasteiger partial charge on any atom is 0.449 e. The van der Waals surface area contributed by atoms with Gasteiger partial charge in [-0.25, -0.2) is 13.4 Å². The van der Waals surface area contributed by atoms with E-state index in [4.69, 9.17) is 11.6 Å². The molecular weight excluding hydrogens is 375 g/mol. The highest BCUT2D eigenvalue weighted by Crippen LogP contribution is 2.30. The van der Waals surface area contributed by atoms with Crippen LogP contribution in [0.3, 0.4) is 0 Å². The quantitative estimate of drug-likeness (QED) is 0.717. The molecule has 0 atom stereocenters. The third-order valence-electron chi connectivity index (χ3n) is 2.82. The Labute approximate surface area is 137 Å². The highest BCUT2D eigenvalue weighted by atomic mass is 35.5. The summed E-state index contributed by atoms with van der Waals surface area (Å²) in [6.45, 7) is 0. The standard InChI is InChI=1S/C12H7ClF3N3O2S2/c13-9-3-4-10(22-9)23(20,21)19-6-1-2-7-8(5-6)18-11(17-7)12(14,15)16/h1-5,19H,(H,17,18). The number of H-pyrrole nitrogens is 1. The third kappa shape index (κ3) is 3.28. The first-order chi connectivity index (χ1) is 10.6. The Morgan fingerprint density at radius 1 is 1.22 bits per heavy atom. The monoisotopic (exact) mass is 381 g/mol. The van der Waals surface area contributed by atoms with Crippen molar-refractivity contribution in [3.05, 3.63) is 40.5 Å². The van der Waals surface area contributed by atoms with Gasteiger partial charge in [-0.15, -0.1) is 11.3 Å². The fourth-order valence-corrected chi connectivity index (χ4v) is 4.39. The predicted octanol–water partition coefficient (Wildman–Crippen LogP) is 4.10. The number of anilines is 1. The van der Waals surface area contributed by atoms with Gasteiger partial charge in [-0.3, -0.25) is 4.72 Å². The Kier molecular flexibility index (Phi) is 3.77. The van der Waals surface area contributed by atoms with Crippen molar-refractivity contribution in [3.8, 4) is 0 Å². The van der Waals surface area contributed by atoms with E-state index in [2.05, 4.69) is 14.7 Å². The number of alkyl halides is 3. The van der Waals surface area contributed by atoms with Crippen LogP contribution >= 0.6 is 22.9 Å². The molecule has 0 aliphatic heterocycles. The summed E-state index contributed by atoms with van der Waals surface area (Å²) in [5.74, 6) is -1.14. The normalized spacial score (nSPS) is 12.7. The van der Waals surface area contributed by atoms with Crippen LogP contribution in [0.2, 0.25) is 4.34 Å². The summed E-state index contributed by atoms with van der Waals surface area (Å²) in [5, 5.41) is 0. The first kappa shape index (κ1) is 16.1. The Morgan fingerprint density at radius 2 is 1.96 bits per heavy atom. The molecule has 122 valence electrons. The average Bonchev–Trinajstić information content (AvgIpc) is 3.03. The van der Waals surface area contributed by atoms with Gasteiger partial charge in [0.1, 0.15) is 4.21 Å². The average molecular weight is 382 g/mol. The van der Waals surface area contributed by atoms with Crippen molar-refractivity contribution in [1.82, 2.24) is 9.97 Å². The van der Waals surface area contributed by atoms with Crippen molar-refractivity contribution in [1.29, 1.82) is 0 Å². The van der Waals surface area contributed by atoms with Crippen molar-refractivity contribution < 1.29 is 21.6 Å². The summed E-state index contributed by atoms with van der Waals surface area (Å²) < 4.78 is 64.7. The number of benzene rings is 1. The van der Waals surface area contributed by atoms with Crippen molar-refractivity contribution in [3.63, 3.8) is 0 Å². The van der Waals surface area contributed by atoms with E-state index in [-0.39, 0.29) is 20.9 Å². The van der Waals surface area contributed by atoms with Crippen LogP contribution in [0, 0.1) is 0 Å². The molecule has 5 nitrogen and oxygen atoms in total. The second-order valence-corrected chi connectivity index (χ2v) is 8.10. The Bertz CT molecular complexity index is 979. The molecule has 0 bridgehead atoms. The Hall–Kier alpha value is -1.78. The minimum absolute atomic E-state index is 0.00295. The van der Waals surface area contributed by atoms with E-state index in [1.165, 1.54) is 30.3 Å². The molecule has 2 N–H and O–H groups in total. The third-order valence-corrected chi connectivity index (χ3v) is 5.92. The fourth-order valence-electron chi connectivity index (χ4n) is 1.85. The van der Waals surface area contributed by atoms with Crippen molar-refractivity contribution >= 4 is 49.7 Å². The lowest BCUT2D eigenvalue weighted by atomic mass is 10.3. The van der Waals surface area contributed by atoms with Crippen LogP contribution in [0.15, 0.2) is 34.5 Å². The minimum atomic E-state index is -4.60. The molecule has 0 aliphatic rings. The van der Waals surface area contributed by atoms with Crippen LogP contribution in [0.5, 0.6) is 0 Å². The highest BCUT2D eigenvalue weighted by Gasteiger charge is 2.34. The number of thiophene rings is 1. The largest absolute Gasteiger partial charge is 0.449 e. The number of halogens is 4.